The predicted octanol–water partition coefficient (Wildman–Crippen LogP) is -0.798. The molecule has 0 atom stereocenters. The average molecular weight is 139 g/mol. The number of hydrogen-bond donors (Lipinski definition) is 1. The lowest BCUT2D eigenvalue weighted by molar-refractivity contribution is 0.684. The topological polar surface area (TPSA) is 60.9 Å². The smallest absolute Gasteiger partial charge is 0.272 e. The van der Waals surface area contributed by atoms with Crippen molar-refractivity contribution in [2.45, 2.75) is 6.54 Å². The molecule has 0 amide bonds. The van der Waals surface area contributed by atoms with E-state index in [4.69, 9.17) is 5.73 Å². The van der Waals surface area contributed by atoms with E-state index in [1.165, 1.54) is 12.4 Å². The molecule has 54 valence electrons. The minimum absolute atomic E-state index is 0.215. The van der Waals surface area contributed by atoms with Crippen molar-refractivity contribution >= 4 is 0 Å². The Bertz CT molecular complexity index is 235. The first kappa shape index (κ1) is 6.95. The van der Waals surface area contributed by atoms with Crippen LogP contribution >= 0.6 is 0 Å². The maximum absolute atomic E-state index is 10.5. The normalized spacial score (nSPS) is 9.70. The van der Waals surface area contributed by atoms with Gasteiger partial charge in [0.25, 0.3) is 5.56 Å². The van der Waals surface area contributed by atoms with Crippen molar-refractivity contribution in [3.05, 3.63) is 28.9 Å². The van der Waals surface area contributed by atoms with Crippen molar-refractivity contribution < 1.29 is 0 Å². The van der Waals surface area contributed by atoms with Gasteiger partial charge in [-0.2, -0.15) is 4.98 Å². The predicted molar refractivity (Wildman–Crippen MR) is 37.6 cm³/mol. The van der Waals surface area contributed by atoms with E-state index >= 15 is 0 Å². The van der Waals surface area contributed by atoms with E-state index in [1.807, 2.05) is 0 Å². The molecule has 0 saturated carbocycles. The Morgan fingerprint density at radius 1 is 1.70 bits per heavy atom. The van der Waals surface area contributed by atoms with Crippen molar-refractivity contribution in [1.82, 2.24) is 9.55 Å². The fourth-order valence-corrected chi connectivity index (χ4v) is 0.653. The van der Waals surface area contributed by atoms with E-state index in [-0.39, 0.29) is 5.56 Å². The maximum atomic E-state index is 10.5. The molecule has 0 bridgehead atoms. The fourth-order valence-electron chi connectivity index (χ4n) is 0.653. The van der Waals surface area contributed by atoms with E-state index in [1.54, 1.807) is 10.8 Å². The summed E-state index contributed by atoms with van der Waals surface area (Å²) in [7, 11) is 0. The monoisotopic (exact) mass is 139 g/mol. The number of nitrogens with zero attached hydrogens (tertiary/aromatic N) is 2. The van der Waals surface area contributed by atoms with Crippen LogP contribution in [0.3, 0.4) is 0 Å². The highest BCUT2D eigenvalue weighted by Gasteiger charge is 1.85. The second kappa shape index (κ2) is 3.12. The summed E-state index contributed by atoms with van der Waals surface area (Å²) < 4.78 is 1.77. The van der Waals surface area contributed by atoms with Crippen molar-refractivity contribution in [2.75, 3.05) is 6.54 Å². The molecule has 1 heterocycles. The summed E-state index contributed by atoms with van der Waals surface area (Å²) in [4.78, 5) is 14.0. The van der Waals surface area contributed by atoms with E-state index < -0.39 is 0 Å². The third-order valence-corrected chi connectivity index (χ3v) is 1.13. The zero-order valence-electron chi connectivity index (χ0n) is 5.53. The lowest BCUT2D eigenvalue weighted by Gasteiger charge is -1.99. The summed E-state index contributed by atoms with van der Waals surface area (Å²) in [5.41, 5.74) is 5.06. The van der Waals surface area contributed by atoms with Crippen LogP contribution in [-0.2, 0) is 6.54 Å². The summed E-state index contributed by atoms with van der Waals surface area (Å²) in [5, 5.41) is 0. The van der Waals surface area contributed by atoms with Crippen molar-refractivity contribution in [3.63, 3.8) is 0 Å². The molecule has 0 unspecified atom stereocenters. The summed E-state index contributed by atoms with van der Waals surface area (Å²) in [6, 6.07) is 1.41. The molecule has 1 aromatic heterocycles. The quantitative estimate of drug-likeness (QED) is 0.583. The van der Waals surface area contributed by atoms with Gasteiger partial charge in [-0.05, 0) is 0 Å². The zero-order chi connectivity index (χ0) is 7.40. The maximum Gasteiger partial charge on any atom is 0.272 e. The van der Waals surface area contributed by atoms with Crippen LogP contribution in [0, 0.1) is 0 Å². The van der Waals surface area contributed by atoms with Gasteiger partial charge in [0.2, 0.25) is 0 Å². The largest absolute Gasteiger partial charge is 0.337 e. The Hall–Kier alpha value is -1.16. The van der Waals surface area contributed by atoms with E-state index in [0.29, 0.717) is 13.1 Å². The van der Waals surface area contributed by atoms with Gasteiger partial charge in [-0.15, -0.1) is 0 Å². The van der Waals surface area contributed by atoms with Crippen LogP contribution in [0.25, 0.3) is 0 Å². The molecule has 0 aliphatic carbocycles. The van der Waals surface area contributed by atoms with Crippen molar-refractivity contribution in [3.8, 4) is 0 Å². The second-order valence-corrected chi connectivity index (χ2v) is 1.93. The van der Waals surface area contributed by atoms with Gasteiger partial charge in [-0.1, -0.05) is 0 Å². The molecular weight excluding hydrogens is 130 g/mol. The molecule has 0 saturated heterocycles. The first-order valence-corrected chi connectivity index (χ1v) is 3.05. The lowest BCUT2D eigenvalue weighted by Crippen LogP contribution is -2.13. The van der Waals surface area contributed by atoms with E-state index in [9.17, 15) is 4.79 Å². The number of nitrogens with two attached hydrogens (primary N) is 1. The standard InChI is InChI=1S/C6H9N3O/c7-2-4-9-3-1-6(10)8-5-9/h1,3,5H,2,4,7H2. The molecule has 0 aromatic carbocycles. The second-order valence-electron chi connectivity index (χ2n) is 1.93. The van der Waals surface area contributed by atoms with Crippen LogP contribution in [0.4, 0.5) is 0 Å². The highest BCUT2D eigenvalue weighted by molar-refractivity contribution is 4.81. The summed E-state index contributed by atoms with van der Waals surface area (Å²) >= 11 is 0. The molecule has 1 rings (SSSR count). The number of rotatable bonds is 2. The van der Waals surface area contributed by atoms with Gasteiger partial charge in [0, 0.05) is 25.4 Å². The van der Waals surface area contributed by atoms with Crippen molar-refractivity contribution in [1.29, 1.82) is 0 Å². The van der Waals surface area contributed by atoms with E-state index in [0.717, 1.165) is 0 Å². The van der Waals surface area contributed by atoms with Crippen LogP contribution in [0.2, 0.25) is 0 Å². The molecule has 4 nitrogen and oxygen atoms in total. The molecule has 10 heavy (non-hydrogen) atoms. The van der Waals surface area contributed by atoms with Gasteiger partial charge in [0.15, 0.2) is 0 Å². The highest BCUT2D eigenvalue weighted by atomic mass is 16.1. The Balaban J connectivity index is 2.79. The minimum Gasteiger partial charge on any atom is -0.337 e. The Kier molecular flexibility index (Phi) is 2.17. The van der Waals surface area contributed by atoms with Gasteiger partial charge in [-0.25, -0.2) is 0 Å². The fraction of sp³-hybridized carbons (Fsp3) is 0.333. The van der Waals surface area contributed by atoms with Crippen LogP contribution in [0.5, 0.6) is 0 Å². The van der Waals surface area contributed by atoms with Gasteiger partial charge in [0.1, 0.15) is 0 Å². The molecule has 0 fully saturated rings. The Morgan fingerprint density at radius 2 is 2.50 bits per heavy atom. The summed E-state index contributed by atoms with van der Waals surface area (Å²) in [5.74, 6) is 0. The number of hydrogen-bond acceptors (Lipinski definition) is 3. The summed E-state index contributed by atoms with van der Waals surface area (Å²) in [6.07, 6.45) is 3.15. The molecule has 0 radical (unpaired) electrons. The van der Waals surface area contributed by atoms with Gasteiger partial charge < -0.3 is 10.3 Å². The average Bonchev–Trinajstić information content (AvgIpc) is 1.95. The van der Waals surface area contributed by atoms with Crippen LogP contribution in [-0.4, -0.2) is 16.1 Å². The first-order valence-electron chi connectivity index (χ1n) is 3.05. The highest BCUT2D eigenvalue weighted by Crippen LogP contribution is 1.77. The molecule has 4 heteroatoms. The van der Waals surface area contributed by atoms with Crippen molar-refractivity contribution in [2.24, 2.45) is 5.73 Å². The van der Waals surface area contributed by atoms with Gasteiger partial charge in [-0.3, -0.25) is 4.79 Å². The summed E-state index contributed by atoms with van der Waals surface area (Å²) in [6.45, 7) is 1.26. The minimum atomic E-state index is -0.215. The first-order chi connectivity index (χ1) is 4.83. The molecule has 1 aromatic rings. The third-order valence-electron chi connectivity index (χ3n) is 1.13. The van der Waals surface area contributed by atoms with Crippen LogP contribution in [0.15, 0.2) is 23.4 Å². The molecule has 0 spiro atoms. The molecule has 0 aliphatic rings. The lowest BCUT2D eigenvalue weighted by atomic mass is 10.6. The van der Waals surface area contributed by atoms with Crippen LogP contribution in [0.1, 0.15) is 0 Å². The SMILES string of the molecule is NCCn1ccc(=O)nc1. The zero-order valence-corrected chi connectivity index (χ0v) is 5.53. The van der Waals surface area contributed by atoms with Crippen LogP contribution < -0.4 is 11.3 Å². The molecular formula is C6H9N3O. The Morgan fingerprint density at radius 3 is 3.00 bits per heavy atom. The third kappa shape index (κ3) is 1.66. The number of aromatic nitrogens is 2. The van der Waals surface area contributed by atoms with E-state index in [2.05, 4.69) is 4.98 Å². The molecule has 0 aliphatic heterocycles. The van der Waals surface area contributed by atoms with Gasteiger partial charge >= 0.3 is 0 Å². The van der Waals surface area contributed by atoms with Gasteiger partial charge in [0.05, 0.1) is 6.33 Å². The molecule has 2 N–H and O–H groups in total. The Labute approximate surface area is 58.3 Å².